The molecule has 0 saturated carbocycles. The van der Waals surface area contributed by atoms with Gasteiger partial charge in [-0.2, -0.15) is 5.10 Å². The smallest absolute Gasteiger partial charge is 0.410 e. The minimum Gasteiger partial charge on any atom is -0.457 e. The van der Waals surface area contributed by atoms with Gasteiger partial charge >= 0.3 is 12.1 Å². The number of β-lactam (4-membered cyclic amide) rings is 1. The van der Waals surface area contributed by atoms with Crippen molar-refractivity contribution in [3.05, 3.63) is 53.9 Å². The molecule has 0 aliphatic carbocycles. The summed E-state index contributed by atoms with van der Waals surface area (Å²) in [5.41, 5.74) is 1.22. The van der Waals surface area contributed by atoms with Crippen molar-refractivity contribution < 1.29 is 29.0 Å². The fourth-order valence-corrected chi connectivity index (χ4v) is 7.13. The summed E-state index contributed by atoms with van der Waals surface area (Å²) in [5.74, 6) is -1.61. The van der Waals surface area contributed by atoms with Crippen LogP contribution < -0.4 is 0 Å². The van der Waals surface area contributed by atoms with Crippen LogP contribution in [0.1, 0.15) is 38.7 Å². The Morgan fingerprint density at radius 1 is 1.30 bits per heavy atom. The number of rotatable bonds is 10. The van der Waals surface area contributed by atoms with E-state index in [0.29, 0.717) is 13.0 Å². The lowest BCUT2D eigenvalue weighted by molar-refractivity contribution is -0.164. The third-order valence-corrected chi connectivity index (χ3v) is 8.91. The predicted octanol–water partition coefficient (Wildman–Crippen LogP) is 2.81. The van der Waals surface area contributed by atoms with E-state index in [9.17, 15) is 19.5 Å². The molecule has 4 heterocycles. The second-order valence-corrected chi connectivity index (χ2v) is 11.1. The van der Waals surface area contributed by atoms with Crippen LogP contribution in [-0.4, -0.2) is 86.3 Å². The Hall–Kier alpha value is -3.05. The monoisotopic (exact) mass is 530 g/mol. The molecule has 1 aromatic heterocycles. The van der Waals surface area contributed by atoms with Crippen LogP contribution in [0.3, 0.4) is 0 Å². The summed E-state index contributed by atoms with van der Waals surface area (Å²) in [4.78, 5) is 42.9. The third kappa shape index (κ3) is 4.94. The van der Waals surface area contributed by atoms with E-state index in [1.54, 1.807) is 18.0 Å². The number of amides is 2. The summed E-state index contributed by atoms with van der Waals surface area (Å²) in [7, 11) is 0. The van der Waals surface area contributed by atoms with E-state index < -0.39 is 24.1 Å². The second kappa shape index (κ2) is 11.1. The first-order valence-electron chi connectivity index (χ1n) is 12.4. The molecule has 11 heteroatoms. The Morgan fingerprint density at radius 2 is 2.00 bits per heavy atom. The molecule has 2 saturated heterocycles. The van der Waals surface area contributed by atoms with Crippen LogP contribution in [-0.2, 0) is 19.1 Å². The normalized spacial score (nSPS) is 28.4. The van der Waals surface area contributed by atoms with E-state index in [0.717, 1.165) is 10.5 Å². The van der Waals surface area contributed by atoms with Crippen molar-refractivity contribution in [2.45, 2.75) is 56.5 Å². The SMILES string of the molecule is C=CCOC(=O)C1=C(S[C@H]2C[C@H](C(C)c3cn[nH]c3)N(C(=O)OCC=C)C2)[C@H](C)[C@@H]2[C@@H]([C@@H](C)O)C(=O)N12. The van der Waals surface area contributed by atoms with Crippen molar-refractivity contribution in [2.75, 3.05) is 19.8 Å². The van der Waals surface area contributed by atoms with Crippen molar-refractivity contribution in [1.29, 1.82) is 0 Å². The van der Waals surface area contributed by atoms with Crippen molar-refractivity contribution in [3.8, 4) is 0 Å². The number of carbonyl (C=O) groups is 3. The molecule has 0 bridgehead atoms. The van der Waals surface area contributed by atoms with Gasteiger partial charge in [0.2, 0.25) is 5.91 Å². The van der Waals surface area contributed by atoms with Gasteiger partial charge in [0.05, 0.1) is 24.3 Å². The highest BCUT2D eigenvalue weighted by Crippen LogP contribution is 2.53. The van der Waals surface area contributed by atoms with Gasteiger partial charge in [-0.25, -0.2) is 9.59 Å². The average Bonchev–Trinajstić information content (AvgIpc) is 3.59. The largest absolute Gasteiger partial charge is 0.457 e. The molecule has 1 aromatic rings. The van der Waals surface area contributed by atoms with Crippen LogP contribution in [0.15, 0.2) is 48.3 Å². The number of thioether (sulfide) groups is 1. The van der Waals surface area contributed by atoms with E-state index in [1.807, 2.05) is 20.0 Å². The lowest BCUT2D eigenvalue weighted by Crippen LogP contribution is -2.63. The number of ether oxygens (including phenoxy) is 2. The molecule has 200 valence electrons. The van der Waals surface area contributed by atoms with Crippen molar-refractivity contribution >= 4 is 29.7 Å². The van der Waals surface area contributed by atoms with Crippen LogP contribution >= 0.6 is 11.8 Å². The highest BCUT2D eigenvalue weighted by atomic mass is 32.2. The molecule has 0 spiro atoms. The molecule has 2 N–H and O–H groups in total. The van der Waals surface area contributed by atoms with Gasteiger partial charge in [0.25, 0.3) is 0 Å². The van der Waals surface area contributed by atoms with Gasteiger partial charge in [-0.15, -0.1) is 11.8 Å². The number of hydrogen-bond acceptors (Lipinski definition) is 8. The van der Waals surface area contributed by atoms with E-state index in [-0.39, 0.29) is 54.0 Å². The Labute approximate surface area is 220 Å². The number of aromatic amines is 1. The first kappa shape index (κ1) is 27.0. The summed E-state index contributed by atoms with van der Waals surface area (Å²) >= 11 is 1.50. The minimum atomic E-state index is -0.826. The zero-order valence-corrected chi connectivity index (χ0v) is 22.1. The zero-order valence-electron chi connectivity index (χ0n) is 21.3. The maximum Gasteiger partial charge on any atom is 0.410 e. The number of H-pyrrole nitrogens is 1. The quantitative estimate of drug-likeness (QED) is 0.269. The molecule has 2 fully saturated rings. The highest BCUT2D eigenvalue weighted by molar-refractivity contribution is 8.03. The van der Waals surface area contributed by atoms with Gasteiger partial charge in [-0.05, 0) is 18.9 Å². The standard InChI is InChI=1S/C26H34N4O6S/c1-6-8-35-25(33)22-23(15(4)21-20(16(5)31)24(32)30(21)22)37-18-10-19(14(3)17-11-27-28-12-17)29(13-18)26(34)36-9-7-2/h6-7,11-12,14-16,18-21,31H,1-2,8-10,13H2,3-5H3,(H,27,28)/t14?,15-,16-,18+,19-,20-,21-/m1/s1. The van der Waals surface area contributed by atoms with Crippen LogP contribution in [0, 0.1) is 11.8 Å². The topological polar surface area (TPSA) is 125 Å². The molecular formula is C26H34N4O6S. The van der Waals surface area contributed by atoms with Crippen LogP contribution in [0.25, 0.3) is 0 Å². The van der Waals surface area contributed by atoms with Crippen molar-refractivity contribution in [2.24, 2.45) is 11.8 Å². The number of aliphatic hydroxyl groups excluding tert-OH is 1. The molecule has 1 unspecified atom stereocenters. The molecule has 3 aliphatic rings. The number of nitrogens with zero attached hydrogens (tertiary/aromatic N) is 3. The summed E-state index contributed by atoms with van der Waals surface area (Å²) in [5, 5.41) is 17.1. The van der Waals surface area contributed by atoms with Gasteiger partial charge in [0, 0.05) is 40.8 Å². The molecule has 4 rings (SSSR count). The summed E-state index contributed by atoms with van der Waals surface area (Å²) < 4.78 is 10.7. The number of carbonyl (C=O) groups excluding carboxylic acids is 3. The number of aromatic nitrogens is 2. The van der Waals surface area contributed by atoms with Crippen LogP contribution in [0.2, 0.25) is 0 Å². The van der Waals surface area contributed by atoms with E-state index in [4.69, 9.17) is 9.47 Å². The Bertz CT molecular complexity index is 1090. The Balaban J connectivity index is 1.61. The summed E-state index contributed by atoms with van der Waals surface area (Å²) in [6, 6.07) is -0.457. The Morgan fingerprint density at radius 3 is 2.62 bits per heavy atom. The number of aliphatic hydroxyl groups is 1. The lowest BCUT2D eigenvalue weighted by atomic mass is 9.79. The average molecular weight is 531 g/mol. The minimum absolute atomic E-state index is 0.00577. The van der Waals surface area contributed by atoms with E-state index in [2.05, 4.69) is 23.4 Å². The Kier molecular flexibility index (Phi) is 8.13. The fourth-order valence-electron chi connectivity index (χ4n) is 5.59. The fraction of sp³-hybridized carbons (Fsp3) is 0.538. The summed E-state index contributed by atoms with van der Waals surface area (Å²) in [6.07, 6.45) is 5.98. The maximum absolute atomic E-state index is 13.1. The van der Waals surface area contributed by atoms with Crippen molar-refractivity contribution in [3.63, 3.8) is 0 Å². The van der Waals surface area contributed by atoms with Gasteiger partial charge in [-0.1, -0.05) is 39.2 Å². The van der Waals surface area contributed by atoms with Gasteiger partial charge in [0.1, 0.15) is 18.9 Å². The molecule has 0 radical (unpaired) electrons. The third-order valence-electron chi connectivity index (χ3n) is 7.41. The predicted molar refractivity (Wildman–Crippen MR) is 138 cm³/mol. The molecule has 2 amide bonds. The number of fused-ring (bicyclic) bond motifs is 1. The van der Waals surface area contributed by atoms with E-state index >= 15 is 0 Å². The van der Waals surface area contributed by atoms with Gasteiger partial charge in [0.15, 0.2) is 0 Å². The number of hydrogen-bond donors (Lipinski definition) is 2. The van der Waals surface area contributed by atoms with Gasteiger partial charge in [-0.3, -0.25) is 9.89 Å². The number of esters is 1. The maximum atomic E-state index is 13.1. The number of nitrogens with one attached hydrogen (secondary N) is 1. The molecular weight excluding hydrogens is 496 g/mol. The first-order valence-corrected chi connectivity index (χ1v) is 13.3. The second-order valence-electron chi connectivity index (χ2n) is 9.74. The molecule has 37 heavy (non-hydrogen) atoms. The zero-order chi connectivity index (χ0) is 26.9. The van der Waals surface area contributed by atoms with E-state index in [1.165, 1.54) is 28.8 Å². The van der Waals surface area contributed by atoms with Crippen LogP contribution in [0.4, 0.5) is 4.79 Å². The highest BCUT2D eigenvalue weighted by Gasteiger charge is 2.60. The molecule has 3 aliphatic heterocycles. The molecule has 10 nitrogen and oxygen atoms in total. The number of likely N-dealkylation sites (tertiary alicyclic amines) is 1. The molecule has 7 atom stereocenters. The molecule has 0 aromatic carbocycles. The summed E-state index contributed by atoms with van der Waals surface area (Å²) in [6.45, 7) is 13.4. The first-order chi connectivity index (χ1) is 17.7. The lowest BCUT2D eigenvalue weighted by Gasteiger charge is -2.46. The van der Waals surface area contributed by atoms with Gasteiger partial charge < -0.3 is 24.4 Å². The van der Waals surface area contributed by atoms with Crippen LogP contribution in [0.5, 0.6) is 0 Å². The van der Waals surface area contributed by atoms with Crippen molar-refractivity contribution in [1.82, 2.24) is 20.0 Å².